The molecular formula is C14H11F3N2O. The Kier molecular flexibility index (Phi) is 4.02. The zero-order valence-corrected chi connectivity index (χ0v) is 10.5. The molecule has 6 heteroatoms. The molecule has 0 spiro atoms. The summed E-state index contributed by atoms with van der Waals surface area (Å²) in [6.45, 7) is 1.48. The van der Waals surface area contributed by atoms with E-state index in [1.54, 1.807) is 0 Å². The second-order valence-electron chi connectivity index (χ2n) is 4.20. The lowest BCUT2D eigenvalue weighted by Crippen LogP contribution is -2.28. The lowest BCUT2D eigenvalue weighted by molar-refractivity contribution is 0.0934. The fraction of sp³-hybridized carbons (Fsp3) is 0.143. The smallest absolute Gasteiger partial charge is 0.256 e. The number of amides is 1. The first kappa shape index (κ1) is 14.0. The maximum absolute atomic E-state index is 13.5. The van der Waals surface area contributed by atoms with Crippen LogP contribution >= 0.6 is 0 Å². The minimum Gasteiger partial charge on any atom is -0.345 e. The van der Waals surface area contributed by atoms with E-state index >= 15 is 0 Å². The van der Waals surface area contributed by atoms with Crippen LogP contribution in [-0.4, -0.2) is 10.9 Å². The molecule has 1 aromatic carbocycles. The number of benzene rings is 1. The SMILES string of the molecule is CC(NC(=O)c1cccnc1F)c1cc(F)ccc1F. The lowest BCUT2D eigenvalue weighted by Gasteiger charge is -2.15. The average molecular weight is 280 g/mol. The van der Waals surface area contributed by atoms with Gasteiger partial charge in [-0.15, -0.1) is 0 Å². The second kappa shape index (κ2) is 5.73. The number of rotatable bonds is 3. The molecule has 0 aliphatic heterocycles. The molecule has 2 rings (SSSR count). The number of halogens is 3. The number of nitrogens with one attached hydrogen (secondary N) is 1. The molecule has 2 aromatic rings. The third kappa shape index (κ3) is 2.96. The van der Waals surface area contributed by atoms with E-state index in [0.717, 1.165) is 18.2 Å². The van der Waals surface area contributed by atoms with Crippen LogP contribution in [0.3, 0.4) is 0 Å². The van der Waals surface area contributed by atoms with Crippen LogP contribution in [0.2, 0.25) is 0 Å². The van der Waals surface area contributed by atoms with Gasteiger partial charge in [0, 0.05) is 11.8 Å². The van der Waals surface area contributed by atoms with Crippen molar-refractivity contribution < 1.29 is 18.0 Å². The number of pyridine rings is 1. The molecule has 0 aliphatic carbocycles. The van der Waals surface area contributed by atoms with Crippen LogP contribution in [0.5, 0.6) is 0 Å². The summed E-state index contributed by atoms with van der Waals surface area (Å²) >= 11 is 0. The predicted molar refractivity (Wildman–Crippen MR) is 66.4 cm³/mol. The van der Waals surface area contributed by atoms with Crippen molar-refractivity contribution in [3.63, 3.8) is 0 Å². The van der Waals surface area contributed by atoms with Gasteiger partial charge in [0.2, 0.25) is 5.95 Å². The minimum absolute atomic E-state index is 0.0114. The number of hydrogen-bond donors (Lipinski definition) is 1. The molecular weight excluding hydrogens is 269 g/mol. The zero-order valence-electron chi connectivity index (χ0n) is 10.5. The van der Waals surface area contributed by atoms with Gasteiger partial charge in [0.25, 0.3) is 5.91 Å². The Labute approximate surface area is 113 Å². The zero-order chi connectivity index (χ0) is 14.7. The summed E-state index contributed by atoms with van der Waals surface area (Å²) in [5.41, 5.74) is -0.265. The van der Waals surface area contributed by atoms with Crippen LogP contribution in [0.4, 0.5) is 13.2 Å². The molecule has 1 heterocycles. The van der Waals surface area contributed by atoms with Crippen LogP contribution in [0, 0.1) is 17.6 Å². The van der Waals surface area contributed by atoms with E-state index in [-0.39, 0.29) is 11.1 Å². The van der Waals surface area contributed by atoms with E-state index in [1.165, 1.54) is 25.3 Å². The van der Waals surface area contributed by atoms with E-state index in [2.05, 4.69) is 10.3 Å². The highest BCUT2D eigenvalue weighted by atomic mass is 19.1. The lowest BCUT2D eigenvalue weighted by atomic mass is 10.1. The molecule has 3 nitrogen and oxygen atoms in total. The summed E-state index contributed by atoms with van der Waals surface area (Å²) in [5.74, 6) is -2.93. The first-order valence-electron chi connectivity index (χ1n) is 5.85. The molecule has 0 fully saturated rings. The molecule has 0 saturated carbocycles. The maximum Gasteiger partial charge on any atom is 0.256 e. The van der Waals surface area contributed by atoms with Gasteiger partial charge in [-0.3, -0.25) is 4.79 Å². The van der Waals surface area contributed by atoms with Crippen molar-refractivity contribution in [1.29, 1.82) is 0 Å². The van der Waals surface area contributed by atoms with Gasteiger partial charge in [-0.2, -0.15) is 4.39 Å². The fourth-order valence-corrected chi connectivity index (χ4v) is 1.75. The number of carbonyl (C=O) groups excluding carboxylic acids is 1. The van der Waals surface area contributed by atoms with Gasteiger partial charge in [0.1, 0.15) is 11.6 Å². The Morgan fingerprint density at radius 3 is 2.70 bits per heavy atom. The van der Waals surface area contributed by atoms with Gasteiger partial charge >= 0.3 is 0 Å². The largest absolute Gasteiger partial charge is 0.345 e. The third-order valence-corrected chi connectivity index (χ3v) is 2.78. The van der Waals surface area contributed by atoms with E-state index < -0.39 is 29.5 Å². The highest BCUT2D eigenvalue weighted by Crippen LogP contribution is 2.18. The Morgan fingerprint density at radius 1 is 1.25 bits per heavy atom. The van der Waals surface area contributed by atoms with Gasteiger partial charge in [-0.1, -0.05) is 0 Å². The number of aromatic nitrogens is 1. The molecule has 1 atom stereocenters. The number of hydrogen-bond acceptors (Lipinski definition) is 2. The summed E-state index contributed by atoms with van der Waals surface area (Å²) < 4.78 is 40.0. The van der Waals surface area contributed by atoms with Gasteiger partial charge < -0.3 is 5.32 Å². The highest BCUT2D eigenvalue weighted by Gasteiger charge is 2.18. The molecule has 1 amide bonds. The Bertz CT molecular complexity index is 646. The van der Waals surface area contributed by atoms with Crippen molar-refractivity contribution in [3.8, 4) is 0 Å². The quantitative estimate of drug-likeness (QED) is 0.878. The Balaban J connectivity index is 2.19. The summed E-state index contributed by atoms with van der Waals surface area (Å²) in [5, 5.41) is 2.40. The van der Waals surface area contributed by atoms with Crippen LogP contribution in [0.15, 0.2) is 36.5 Å². The maximum atomic E-state index is 13.5. The second-order valence-corrected chi connectivity index (χ2v) is 4.20. The summed E-state index contributed by atoms with van der Waals surface area (Å²) in [7, 11) is 0. The standard InChI is InChI=1S/C14H11F3N2O/c1-8(11-7-9(15)4-5-12(11)16)19-14(20)10-3-2-6-18-13(10)17/h2-8H,1H3,(H,19,20). The number of nitrogens with zero attached hydrogens (tertiary/aromatic N) is 1. The van der Waals surface area contributed by atoms with E-state index in [4.69, 9.17) is 0 Å². The first-order valence-corrected chi connectivity index (χ1v) is 5.85. The van der Waals surface area contributed by atoms with E-state index in [0.29, 0.717) is 0 Å². The van der Waals surface area contributed by atoms with E-state index in [9.17, 15) is 18.0 Å². The van der Waals surface area contributed by atoms with Crippen molar-refractivity contribution in [1.82, 2.24) is 10.3 Å². The molecule has 0 saturated heterocycles. The molecule has 0 aliphatic rings. The van der Waals surface area contributed by atoms with Crippen LogP contribution in [0.1, 0.15) is 28.9 Å². The number of carbonyl (C=O) groups is 1. The van der Waals surface area contributed by atoms with Gasteiger partial charge in [0.05, 0.1) is 11.6 Å². The predicted octanol–water partition coefficient (Wildman–Crippen LogP) is 2.99. The van der Waals surface area contributed by atoms with Crippen LogP contribution in [-0.2, 0) is 0 Å². The van der Waals surface area contributed by atoms with Crippen LogP contribution < -0.4 is 5.32 Å². The van der Waals surface area contributed by atoms with Crippen molar-refractivity contribution in [3.05, 3.63) is 65.2 Å². The van der Waals surface area contributed by atoms with Gasteiger partial charge in [-0.25, -0.2) is 13.8 Å². The van der Waals surface area contributed by atoms with E-state index in [1.807, 2.05) is 0 Å². The van der Waals surface area contributed by atoms with Crippen molar-refractivity contribution in [2.75, 3.05) is 0 Å². The molecule has 1 aromatic heterocycles. The van der Waals surface area contributed by atoms with Crippen molar-refractivity contribution in [2.45, 2.75) is 13.0 Å². The third-order valence-electron chi connectivity index (χ3n) is 2.78. The van der Waals surface area contributed by atoms with Crippen molar-refractivity contribution in [2.24, 2.45) is 0 Å². The van der Waals surface area contributed by atoms with Gasteiger partial charge in [0.15, 0.2) is 0 Å². The Morgan fingerprint density at radius 2 is 2.00 bits per heavy atom. The molecule has 0 radical (unpaired) electrons. The summed E-state index contributed by atoms with van der Waals surface area (Å²) in [6, 6.07) is 4.79. The minimum atomic E-state index is -0.920. The monoisotopic (exact) mass is 280 g/mol. The molecule has 20 heavy (non-hydrogen) atoms. The first-order chi connectivity index (χ1) is 9.49. The summed E-state index contributed by atoms with van der Waals surface area (Å²) in [6.07, 6.45) is 1.21. The average Bonchev–Trinajstić information content (AvgIpc) is 2.41. The fourth-order valence-electron chi connectivity index (χ4n) is 1.75. The topological polar surface area (TPSA) is 42.0 Å². The molecule has 1 N–H and O–H groups in total. The normalized spacial score (nSPS) is 12.0. The molecule has 1 unspecified atom stereocenters. The molecule has 0 bridgehead atoms. The highest BCUT2D eigenvalue weighted by molar-refractivity contribution is 5.94. The molecule has 104 valence electrons. The van der Waals surface area contributed by atoms with Gasteiger partial charge in [-0.05, 0) is 37.3 Å². The Hall–Kier alpha value is -2.37. The summed E-state index contributed by atoms with van der Waals surface area (Å²) in [4.78, 5) is 15.2. The van der Waals surface area contributed by atoms with Crippen LogP contribution in [0.25, 0.3) is 0 Å². The van der Waals surface area contributed by atoms with Crippen molar-refractivity contribution >= 4 is 5.91 Å².